The van der Waals surface area contributed by atoms with Crippen molar-refractivity contribution in [1.29, 1.82) is 0 Å². The predicted octanol–water partition coefficient (Wildman–Crippen LogP) is 1.23. The smallest absolute Gasteiger partial charge is 0.226 e. The van der Waals surface area contributed by atoms with Crippen molar-refractivity contribution in [2.45, 2.75) is 32.5 Å². The molecule has 0 saturated carbocycles. The lowest BCUT2D eigenvalue weighted by molar-refractivity contribution is 0.0572. The number of rotatable bonds is 4. The maximum Gasteiger partial charge on any atom is 0.226 e. The third kappa shape index (κ3) is 2.68. The van der Waals surface area contributed by atoms with E-state index in [0.29, 0.717) is 19.0 Å². The second-order valence-electron chi connectivity index (χ2n) is 5.23. The van der Waals surface area contributed by atoms with E-state index in [2.05, 4.69) is 28.3 Å². The number of fused-ring (bicyclic) bond motifs is 1. The van der Waals surface area contributed by atoms with Crippen molar-refractivity contribution in [3.63, 3.8) is 0 Å². The lowest BCUT2D eigenvalue weighted by Gasteiger charge is -2.18. The molecule has 1 saturated heterocycles. The standard InChI is InChI=1S/C14H20N4O2S/c1-3-8-5-9-12(18-6-10(19)11(20)7-18)16-14(15-4-2)17-13(9)21-8/h5,10-11,19-20H,3-4,6-7H2,1-2H3,(H,15,16,17). The van der Waals surface area contributed by atoms with Gasteiger partial charge < -0.3 is 20.4 Å². The highest BCUT2D eigenvalue weighted by atomic mass is 32.1. The number of thiophene rings is 1. The van der Waals surface area contributed by atoms with Gasteiger partial charge in [-0.2, -0.15) is 4.98 Å². The Hall–Kier alpha value is -1.44. The van der Waals surface area contributed by atoms with E-state index in [1.807, 2.05) is 11.8 Å². The third-order valence-corrected chi connectivity index (χ3v) is 4.84. The molecular weight excluding hydrogens is 288 g/mol. The molecule has 7 heteroatoms. The molecule has 1 aliphatic rings. The number of hydrogen-bond acceptors (Lipinski definition) is 7. The van der Waals surface area contributed by atoms with E-state index in [-0.39, 0.29) is 0 Å². The first-order chi connectivity index (χ1) is 10.1. The van der Waals surface area contributed by atoms with E-state index < -0.39 is 12.2 Å². The first-order valence-electron chi connectivity index (χ1n) is 7.27. The molecule has 2 atom stereocenters. The fraction of sp³-hybridized carbons (Fsp3) is 0.571. The van der Waals surface area contributed by atoms with Crippen LogP contribution in [-0.4, -0.2) is 52.0 Å². The molecule has 1 fully saturated rings. The Morgan fingerprint density at radius 3 is 2.62 bits per heavy atom. The van der Waals surface area contributed by atoms with Crippen molar-refractivity contribution in [2.75, 3.05) is 29.9 Å². The zero-order chi connectivity index (χ0) is 15.0. The Labute approximate surface area is 127 Å². The monoisotopic (exact) mass is 308 g/mol. The summed E-state index contributed by atoms with van der Waals surface area (Å²) in [6, 6.07) is 2.11. The van der Waals surface area contributed by atoms with Crippen LogP contribution in [0.2, 0.25) is 0 Å². The molecule has 0 bridgehead atoms. The van der Waals surface area contributed by atoms with Crippen LogP contribution >= 0.6 is 11.3 Å². The summed E-state index contributed by atoms with van der Waals surface area (Å²) in [6.07, 6.45) is -0.480. The molecule has 2 aromatic rings. The van der Waals surface area contributed by atoms with Crippen LogP contribution < -0.4 is 10.2 Å². The van der Waals surface area contributed by atoms with E-state index in [9.17, 15) is 10.2 Å². The number of aliphatic hydroxyl groups excluding tert-OH is 2. The number of β-amino-alcohol motifs (C(OH)–C–C–N with tert-alkyl or cyclic N) is 2. The van der Waals surface area contributed by atoms with Crippen LogP contribution in [-0.2, 0) is 6.42 Å². The fourth-order valence-corrected chi connectivity index (χ4v) is 3.51. The summed E-state index contributed by atoms with van der Waals surface area (Å²) in [4.78, 5) is 13.3. The lowest BCUT2D eigenvalue weighted by atomic mass is 10.3. The largest absolute Gasteiger partial charge is 0.389 e. The van der Waals surface area contributed by atoms with Gasteiger partial charge in [0, 0.05) is 24.5 Å². The number of nitrogens with zero attached hydrogens (tertiary/aromatic N) is 3. The molecule has 2 aromatic heterocycles. The van der Waals surface area contributed by atoms with Gasteiger partial charge in [-0.25, -0.2) is 4.98 Å². The average Bonchev–Trinajstić information content (AvgIpc) is 3.02. The summed E-state index contributed by atoms with van der Waals surface area (Å²) in [5.74, 6) is 1.39. The van der Waals surface area contributed by atoms with Crippen molar-refractivity contribution in [1.82, 2.24) is 9.97 Å². The minimum Gasteiger partial charge on any atom is -0.389 e. The number of anilines is 2. The highest BCUT2D eigenvalue weighted by molar-refractivity contribution is 7.18. The molecule has 114 valence electrons. The van der Waals surface area contributed by atoms with Gasteiger partial charge >= 0.3 is 0 Å². The van der Waals surface area contributed by atoms with Crippen LogP contribution in [0.4, 0.5) is 11.8 Å². The molecule has 3 rings (SSSR count). The summed E-state index contributed by atoms with van der Waals surface area (Å²) in [7, 11) is 0. The summed E-state index contributed by atoms with van der Waals surface area (Å²) >= 11 is 1.67. The van der Waals surface area contributed by atoms with Crippen LogP contribution in [0.3, 0.4) is 0 Å². The van der Waals surface area contributed by atoms with Gasteiger partial charge in [-0.15, -0.1) is 11.3 Å². The Kier molecular flexibility index (Phi) is 3.97. The molecule has 0 spiro atoms. The van der Waals surface area contributed by atoms with Crippen LogP contribution in [0.1, 0.15) is 18.7 Å². The number of aryl methyl sites for hydroxylation is 1. The zero-order valence-electron chi connectivity index (χ0n) is 12.2. The average molecular weight is 308 g/mol. The highest BCUT2D eigenvalue weighted by Crippen LogP contribution is 2.33. The topological polar surface area (TPSA) is 81.5 Å². The zero-order valence-corrected chi connectivity index (χ0v) is 13.0. The van der Waals surface area contributed by atoms with Crippen molar-refractivity contribution in [3.05, 3.63) is 10.9 Å². The Balaban J connectivity index is 2.07. The molecule has 6 nitrogen and oxygen atoms in total. The Morgan fingerprint density at radius 1 is 1.29 bits per heavy atom. The van der Waals surface area contributed by atoms with Crippen LogP contribution in [0, 0.1) is 0 Å². The van der Waals surface area contributed by atoms with Gasteiger partial charge in [-0.3, -0.25) is 0 Å². The second kappa shape index (κ2) is 5.75. The second-order valence-corrected chi connectivity index (χ2v) is 6.34. The number of nitrogens with one attached hydrogen (secondary N) is 1. The number of hydrogen-bond donors (Lipinski definition) is 3. The normalized spacial score (nSPS) is 22.2. The summed E-state index contributed by atoms with van der Waals surface area (Å²) < 4.78 is 0. The predicted molar refractivity (Wildman–Crippen MR) is 85.2 cm³/mol. The minimum absolute atomic E-state index is 0.399. The van der Waals surface area contributed by atoms with Gasteiger partial charge in [-0.05, 0) is 19.4 Å². The van der Waals surface area contributed by atoms with Crippen molar-refractivity contribution in [3.8, 4) is 0 Å². The SMILES string of the molecule is CCNc1nc(N2CC(O)C(O)C2)c2cc(CC)sc2n1. The molecule has 1 aliphatic heterocycles. The lowest BCUT2D eigenvalue weighted by Crippen LogP contribution is -2.23. The molecule has 0 radical (unpaired) electrons. The van der Waals surface area contributed by atoms with Gasteiger partial charge in [0.25, 0.3) is 0 Å². The van der Waals surface area contributed by atoms with Gasteiger partial charge in [0.1, 0.15) is 10.6 Å². The molecular formula is C14H20N4O2S. The first kappa shape index (κ1) is 14.5. The van der Waals surface area contributed by atoms with E-state index >= 15 is 0 Å². The Bertz CT molecular complexity index is 635. The van der Waals surface area contributed by atoms with Crippen LogP contribution in [0.5, 0.6) is 0 Å². The number of aliphatic hydroxyl groups is 2. The van der Waals surface area contributed by atoms with Crippen LogP contribution in [0.25, 0.3) is 10.2 Å². The van der Waals surface area contributed by atoms with Crippen molar-refractivity contribution in [2.24, 2.45) is 0 Å². The quantitative estimate of drug-likeness (QED) is 0.788. The molecule has 0 aliphatic carbocycles. The maximum atomic E-state index is 9.78. The van der Waals surface area contributed by atoms with E-state index in [0.717, 1.165) is 29.0 Å². The van der Waals surface area contributed by atoms with Gasteiger partial charge in [0.05, 0.1) is 17.6 Å². The minimum atomic E-state index is -0.720. The van der Waals surface area contributed by atoms with Gasteiger partial charge in [-0.1, -0.05) is 6.92 Å². The van der Waals surface area contributed by atoms with Crippen molar-refractivity contribution >= 4 is 33.3 Å². The van der Waals surface area contributed by atoms with Gasteiger partial charge in [0.2, 0.25) is 5.95 Å². The molecule has 0 amide bonds. The molecule has 21 heavy (non-hydrogen) atoms. The first-order valence-corrected chi connectivity index (χ1v) is 8.09. The van der Waals surface area contributed by atoms with E-state index in [1.165, 1.54) is 4.88 Å². The summed E-state index contributed by atoms with van der Waals surface area (Å²) in [5, 5.41) is 23.7. The highest BCUT2D eigenvalue weighted by Gasteiger charge is 2.31. The van der Waals surface area contributed by atoms with Crippen LogP contribution in [0.15, 0.2) is 6.07 Å². The van der Waals surface area contributed by atoms with Crippen molar-refractivity contribution < 1.29 is 10.2 Å². The third-order valence-electron chi connectivity index (χ3n) is 3.67. The van der Waals surface area contributed by atoms with Gasteiger partial charge in [0.15, 0.2) is 0 Å². The number of aromatic nitrogens is 2. The molecule has 3 heterocycles. The Morgan fingerprint density at radius 2 is 2.00 bits per heavy atom. The maximum absolute atomic E-state index is 9.78. The molecule has 2 unspecified atom stereocenters. The fourth-order valence-electron chi connectivity index (χ4n) is 2.55. The summed E-state index contributed by atoms with van der Waals surface area (Å²) in [6.45, 7) is 5.67. The summed E-state index contributed by atoms with van der Waals surface area (Å²) in [5.41, 5.74) is 0. The van der Waals surface area contributed by atoms with E-state index in [4.69, 9.17) is 0 Å². The molecule has 3 N–H and O–H groups in total. The van der Waals surface area contributed by atoms with E-state index in [1.54, 1.807) is 11.3 Å². The molecule has 0 aromatic carbocycles.